The Morgan fingerprint density at radius 3 is 3.20 bits per heavy atom. The Bertz CT molecular complexity index is 365. The van der Waals surface area contributed by atoms with Gasteiger partial charge in [-0.15, -0.1) is 0 Å². The highest BCUT2D eigenvalue weighted by atomic mass is 16.2. The van der Waals surface area contributed by atoms with Crippen LogP contribution in [-0.4, -0.2) is 35.4 Å². The number of pyridine rings is 1. The minimum absolute atomic E-state index is 0.159. The molecule has 2 rings (SSSR count). The predicted molar refractivity (Wildman–Crippen MR) is 57.3 cm³/mol. The number of piperazine rings is 1. The molecule has 1 aromatic heterocycles. The van der Waals surface area contributed by atoms with Crippen LogP contribution in [0, 0.1) is 6.92 Å². The second-order valence-corrected chi connectivity index (χ2v) is 3.76. The van der Waals surface area contributed by atoms with Gasteiger partial charge in [0.05, 0.1) is 18.8 Å². The molecule has 0 radical (unpaired) electrons. The minimum Gasteiger partial charge on any atom is -0.334 e. The van der Waals surface area contributed by atoms with Crippen LogP contribution in [0.5, 0.6) is 0 Å². The second-order valence-electron chi connectivity index (χ2n) is 3.76. The van der Waals surface area contributed by atoms with Crippen LogP contribution in [0.25, 0.3) is 0 Å². The van der Waals surface area contributed by atoms with Gasteiger partial charge in [-0.2, -0.15) is 0 Å². The third-order valence-corrected chi connectivity index (χ3v) is 2.65. The highest BCUT2D eigenvalue weighted by Crippen LogP contribution is 2.08. The van der Waals surface area contributed by atoms with Crippen molar-refractivity contribution in [3.8, 4) is 0 Å². The number of carbonyl (C=O) groups is 1. The summed E-state index contributed by atoms with van der Waals surface area (Å²) in [4.78, 5) is 17.7. The molecule has 2 heterocycles. The quantitative estimate of drug-likeness (QED) is 0.756. The summed E-state index contributed by atoms with van der Waals surface area (Å²) in [6.45, 7) is 4.75. The highest BCUT2D eigenvalue weighted by Gasteiger charge is 2.18. The van der Waals surface area contributed by atoms with Gasteiger partial charge in [0.15, 0.2) is 0 Å². The van der Waals surface area contributed by atoms with E-state index in [4.69, 9.17) is 0 Å². The Morgan fingerprint density at radius 2 is 2.47 bits per heavy atom. The fourth-order valence-corrected chi connectivity index (χ4v) is 1.68. The molecule has 0 bridgehead atoms. The van der Waals surface area contributed by atoms with E-state index in [2.05, 4.69) is 10.3 Å². The predicted octanol–water partition coefficient (Wildman–Crippen LogP) is 0.322. The van der Waals surface area contributed by atoms with E-state index in [0.29, 0.717) is 13.1 Å². The highest BCUT2D eigenvalue weighted by molar-refractivity contribution is 5.78. The lowest BCUT2D eigenvalue weighted by molar-refractivity contribution is -0.132. The van der Waals surface area contributed by atoms with Crippen molar-refractivity contribution in [3.63, 3.8) is 0 Å². The number of hydrogen-bond acceptors (Lipinski definition) is 3. The largest absolute Gasteiger partial charge is 0.334 e. The lowest BCUT2D eigenvalue weighted by Crippen LogP contribution is -2.47. The number of aromatic nitrogens is 1. The molecule has 1 amide bonds. The molecule has 1 aromatic rings. The van der Waals surface area contributed by atoms with Gasteiger partial charge in [-0.3, -0.25) is 9.78 Å². The molecule has 1 aliphatic heterocycles. The molecule has 1 saturated heterocycles. The average molecular weight is 205 g/mol. The molecule has 0 atom stereocenters. The van der Waals surface area contributed by atoms with E-state index in [1.54, 1.807) is 6.20 Å². The summed E-state index contributed by atoms with van der Waals surface area (Å²) in [6, 6.07) is 3.94. The summed E-state index contributed by atoms with van der Waals surface area (Å²) in [6.07, 6.45) is 1.77. The van der Waals surface area contributed by atoms with Crippen LogP contribution in [0.3, 0.4) is 0 Å². The standard InChI is InChI=1S/C11H15N3O/c1-9-3-2-4-13-10(9)8-14-6-5-12-7-11(14)15/h2-4,12H,5-8H2,1H3. The molecule has 4 heteroatoms. The first-order valence-corrected chi connectivity index (χ1v) is 5.16. The van der Waals surface area contributed by atoms with E-state index in [0.717, 1.165) is 24.3 Å². The monoisotopic (exact) mass is 205 g/mol. The molecular weight excluding hydrogens is 190 g/mol. The molecule has 1 fully saturated rings. The molecule has 0 unspecified atom stereocenters. The Hall–Kier alpha value is -1.42. The van der Waals surface area contributed by atoms with E-state index in [9.17, 15) is 4.79 Å². The third-order valence-electron chi connectivity index (χ3n) is 2.65. The summed E-state index contributed by atoms with van der Waals surface area (Å²) < 4.78 is 0. The van der Waals surface area contributed by atoms with Crippen LogP contribution in [0.15, 0.2) is 18.3 Å². The van der Waals surface area contributed by atoms with Crippen LogP contribution in [0.4, 0.5) is 0 Å². The average Bonchev–Trinajstić information content (AvgIpc) is 2.24. The summed E-state index contributed by atoms with van der Waals surface area (Å²) >= 11 is 0. The van der Waals surface area contributed by atoms with Gasteiger partial charge in [-0.05, 0) is 18.6 Å². The smallest absolute Gasteiger partial charge is 0.236 e. The van der Waals surface area contributed by atoms with Gasteiger partial charge >= 0.3 is 0 Å². The lowest BCUT2D eigenvalue weighted by Gasteiger charge is -2.27. The summed E-state index contributed by atoms with van der Waals surface area (Å²) in [5.41, 5.74) is 2.14. The maximum Gasteiger partial charge on any atom is 0.236 e. The first-order chi connectivity index (χ1) is 7.27. The van der Waals surface area contributed by atoms with Crippen LogP contribution in [0.1, 0.15) is 11.3 Å². The zero-order valence-electron chi connectivity index (χ0n) is 8.86. The Balaban J connectivity index is 2.08. The summed E-state index contributed by atoms with van der Waals surface area (Å²) in [5.74, 6) is 0.159. The van der Waals surface area contributed by atoms with Crippen molar-refractivity contribution in [2.45, 2.75) is 13.5 Å². The first-order valence-electron chi connectivity index (χ1n) is 5.16. The number of aryl methyl sites for hydroxylation is 1. The van der Waals surface area contributed by atoms with Gasteiger partial charge in [0.25, 0.3) is 0 Å². The van der Waals surface area contributed by atoms with Crippen LogP contribution >= 0.6 is 0 Å². The topological polar surface area (TPSA) is 45.2 Å². The molecule has 0 saturated carbocycles. The first kappa shape index (κ1) is 10.1. The Kier molecular flexibility index (Phi) is 2.97. The van der Waals surface area contributed by atoms with E-state index in [1.807, 2.05) is 24.0 Å². The van der Waals surface area contributed by atoms with Crippen LogP contribution < -0.4 is 5.32 Å². The summed E-state index contributed by atoms with van der Waals surface area (Å²) in [5, 5.41) is 3.05. The van der Waals surface area contributed by atoms with Crippen LogP contribution in [-0.2, 0) is 11.3 Å². The maximum absolute atomic E-state index is 11.5. The fourth-order valence-electron chi connectivity index (χ4n) is 1.68. The number of amides is 1. The number of carbonyl (C=O) groups excluding carboxylic acids is 1. The molecule has 1 N–H and O–H groups in total. The molecule has 0 spiro atoms. The fraction of sp³-hybridized carbons (Fsp3) is 0.455. The number of nitrogens with zero attached hydrogens (tertiary/aromatic N) is 2. The summed E-state index contributed by atoms with van der Waals surface area (Å²) in [7, 11) is 0. The Labute approximate surface area is 89.3 Å². The molecule has 80 valence electrons. The van der Waals surface area contributed by atoms with Crippen LogP contribution in [0.2, 0.25) is 0 Å². The van der Waals surface area contributed by atoms with Crippen molar-refractivity contribution >= 4 is 5.91 Å². The second kappa shape index (κ2) is 4.40. The van der Waals surface area contributed by atoms with E-state index < -0.39 is 0 Å². The SMILES string of the molecule is Cc1cccnc1CN1CCNCC1=O. The molecule has 0 aliphatic carbocycles. The zero-order valence-corrected chi connectivity index (χ0v) is 8.86. The molecular formula is C11H15N3O. The minimum atomic E-state index is 0.159. The molecule has 4 nitrogen and oxygen atoms in total. The van der Waals surface area contributed by atoms with Gasteiger partial charge in [0.1, 0.15) is 0 Å². The maximum atomic E-state index is 11.5. The van der Waals surface area contributed by atoms with Crippen molar-refractivity contribution in [1.29, 1.82) is 0 Å². The zero-order chi connectivity index (χ0) is 10.7. The van der Waals surface area contributed by atoms with Gasteiger partial charge < -0.3 is 10.2 Å². The van der Waals surface area contributed by atoms with Gasteiger partial charge in [0, 0.05) is 19.3 Å². The van der Waals surface area contributed by atoms with Crippen molar-refractivity contribution in [1.82, 2.24) is 15.2 Å². The third kappa shape index (κ3) is 2.33. The van der Waals surface area contributed by atoms with E-state index in [1.165, 1.54) is 0 Å². The molecule has 0 aromatic carbocycles. The van der Waals surface area contributed by atoms with E-state index >= 15 is 0 Å². The van der Waals surface area contributed by atoms with Gasteiger partial charge in [0.2, 0.25) is 5.91 Å². The van der Waals surface area contributed by atoms with Gasteiger partial charge in [-0.1, -0.05) is 6.07 Å². The van der Waals surface area contributed by atoms with Crippen molar-refractivity contribution in [2.24, 2.45) is 0 Å². The van der Waals surface area contributed by atoms with Crippen molar-refractivity contribution in [3.05, 3.63) is 29.6 Å². The molecule has 15 heavy (non-hydrogen) atoms. The van der Waals surface area contributed by atoms with Crippen molar-refractivity contribution < 1.29 is 4.79 Å². The lowest BCUT2D eigenvalue weighted by atomic mass is 10.2. The number of nitrogens with one attached hydrogen (secondary N) is 1. The van der Waals surface area contributed by atoms with Crippen molar-refractivity contribution in [2.75, 3.05) is 19.6 Å². The molecule has 1 aliphatic rings. The Morgan fingerprint density at radius 1 is 1.60 bits per heavy atom. The normalized spacial score (nSPS) is 16.9. The van der Waals surface area contributed by atoms with Gasteiger partial charge in [-0.25, -0.2) is 0 Å². The van der Waals surface area contributed by atoms with E-state index in [-0.39, 0.29) is 5.91 Å². The number of hydrogen-bond donors (Lipinski definition) is 1. The number of rotatable bonds is 2.